The Morgan fingerprint density at radius 2 is 2.00 bits per heavy atom. The number of sulfone groups is 1. The minimum atomic E-state index is -3.56. The van der Waals surface area contributed by atoms with Crippen molar-refractivity contribution in [3.05, 3.63) is 28.2 Å². The average molecular weight is 354 g/mol. The highest BCUT2D eigenvalue weighted by Gasteiger charge is 2.17. The predicted octanol–water partition coefficient (Wildman–Crippen LogP) is 2.31. The van der Waals surface area contributed by atoms with Crippen molar-refractivity contribution < 1.29 is 17.9 Å². The van der Waals surface area contributed by atoms with Crippen molar-refractivity contribution in [1.29, 1.82) is 0 Å². The molecule has 21 heavy (non-hydrogen) atoms. The van der Waals surface area contributed by atoms with Gasteiger partial charge in [-0.3, -0.25) is 4.79 Å². The topological polar surface area (TPSA) is 72.5 Å². The molecule has 1 N–H and O–H groups in total. The van der Waals surface area contributed by atoms with Gasteiger partial charge in [-0.25, -0.2) is 8.42 Å². The normalized spacial score (nSPS) is 11.4. The Bertz CT molecular complexity index is 590. The number of amides is 1. The zero-order chi connectivity index (χ0) is 15.9. The van der Waals surface area contributed by atoms with E-state index in [9.17, 15) is 13.2 Å². The minimum absolute atomic E-state index is 0.0593. The highest BCUT2D eigenvalue weighted by molar-refractivity contribution is 7.91. The van der Waals surface area contributed by atoms with Crippen LogP contribution in [-0.4, -0.2) is 40.3 Å². The van der Waals surface area contributed by atoms with Crippen molar-refractivity contribution in [2.24, 2.45) is 0 Å². The molecule has 1 rings (SSSR count). The molecule has 0 aliphatic carbocycles. The summed E-state index contributed by atoms with van der Waals surface area (Å²) in [5.41, 5.74) is 0. The first-order chi connectivity index (χ1) is 9.86. The van der Waals surface area contributed by atoms with E-state index in [1.807, 2.05) is 0 Å². The predicted molar refractivity (Wildman–Crippen MR) is 82.6 cm³/mol. The third kappa shape index (κ3) is 6.22. The van der Waals surface area contributed by atoms with Crippen LogP contribution in [0.3, 0.4) is 0 Å². The van der Waals surface area contributed by atoms with Gasteiger partial charge in [-0.05, 0) is 24.6 Å². The molecule has 0 fully saturated rings. The maximum absolute atomic E-state index is 12.1. The number of hydrogen-bond donors (Lipinski definition) is 1. The van der Waals surface area contributed by atoms with Crippen LogP contribution in [0.4, 0.5) is 0 Å². The van der Waals surface area contributed by atoms with E-state index >= 15 is 0 Å². The Morgan fingerprint density at radius 1 is 1.29 bits per heavy atom. The summed E-state index contributed by atoms with van der Waals surface area (Å²) in [4.78, 5) is 11.6. The second-order valence-corrected chi connectivity index (χ2v) is 7.26. The molecule has 0 atom stereocenters. The number of methoxy groups -OCH3 is 1. The standard InChI is InChI=1S/C13H17Cl2NO4S/c1-20-7-2-6-16-13(17)5-8-21(18,19)10-3-4-11(14)12(15)9-10/h3-4,9H,2,5-8H2,1H3,(H,16,17). The number of rotatable bonds is 8. The molecule has 8 heteroatoms. The molecule has 1 aromatic rings. The monoisotopic (exact) mass is 353 g/mol. The maximum atomic E-state index is 12.1. The number of nitrogens with one attached hydrogen (secondary N) is 1. The van der Waals surface area contributed by atoms with Gasteiger partial charge in [0.05, 0.1) is 20.7 Å². The van der Waals surface area contributed by atoms with E-state index in [1.54, 1.807) is 7.11 Å². The van der Waals surface area contributed by atoms with Crippen LogP contribution in [0.25, 0.3) is 0 Å². The van der Waals surface area contributed by atoms with Gasteiger partial charge in [0.25, 0.3) is 0 Å². The molecule has 0 aromatic heterocycles. The van der Waals surface area contributed by atoms with Crippen molar-refractivity contribution in [3.8, 4) is 0 Å². The molecule has 1 aromatic carbocycles. The number of carbonyl (C=O) groups excluding carboxylic acids is 1. The molecule has 1 amide bonds. The molecule has 5 nitrogen and oxygen atoms in total. The third-order valence-electron chi connectivity index (χ3n) is 2.70. The van der Waals surface area contributed by atoms with E-state index in [1.165, 1.54) is 18.2 Å². The lowest BCUT2D eigenvalue weighted by Crippen LogP contribution is -2.27. The summed E-state index contributed by atoms with van der Waals surface area (Å²) in [6, 6.07) is 4.08. The summed E-state index contributed by atoms with van der Waals surface area (Å²) < 4.78 is 29.0. The number of ether oxygens (including phenoxy) is 1. The Kier molecular flexibility index (Phi) is 7.45. The molecule has 0 aliphatic rings. The lowest BCUT2D eigenvalue weighted by atomic mass is 10.4. The first kappa shape index (κ1) is 18.2. The van der Waals surface area contributed by atoms with Crippen LogP contribution in [0, 0.1) is 0 Å². The van der Waals surface area contributed by atoms with E-state index in [-0.39, 0.29) is 33.0 Å². The van der Waals surface area contributed by atoms with Gasteiger partial charge in [0, 0.05) is 26.7 Å². The second-order valence-electron chi connectivity index (χ2n) is 4.34. The summed E-state index contributed by atoms with van der Waals surface area (Å²) >= 11 is 11.5. The quantitative estimate of drug-likeness (QED) is 0.727. The summed E-state index contributed by atoms with van der Waals surface area (Å²) in [5, 5.41) is 3.08. The van der Waals surface area contributed by atoms with E-state index in [0.717, 1.165) is 0 Å². The van der Waals surface area contributed by atoms with Gasteiger partial charge in [0.1, 0.15) is 0 Å². The number of halogens is 2. The second kappa shape index (κ2) is 8.58. The number of carbonyl (C=O) groups is 1. The average Bonchev–Trinajstić information content (AvgIpc) is 2.44. The van der Waals surface area contributed by atoms with Crippen LogP contribution >= 0.6 is 23.2 Å². The Morgan fingerprint density at radius 3 is 2.62 bits per heavy atom. The van der Waals surface area contributed by atoms with Crippen molar-refractivity contribution in [3.63, 3.8) is 0 Å². The van der Waals surface area contributed by atoms with Crippen LogP contribution in [0.2, 0.25) is 10.0 Å². The fraction of sp³-hybridized carbons (Fsp3) is 0.462. The van der Waals surface area contributed by atoms with Crippen molar-refractivity contribution in [1.82, 2.24) is 5.32 Å². The van der Waals surface area contributed by atoms with Gasteiger partial charge < -0.3 is 10.1 Å². The van der Waals surface area contributed by atoms with E-state index in [2.05, 4.69) is 5.32 Å². The molecule has 0 unspecified atom stereocenters. The summed E-state index contributed by atoms with van der Waals surface area (Å²) in [6.07, 6.45) is 0.581. The molecule has 0 aliphatic heterocycles. The number of benzene rings is 1. The van der Waals surface area contributed by atoms with Gasteiger partial charge >= 0.3 is 0 Å². The van der Waals surface area contributed by atoms with Gasteiger partial charge in [0.2, 0.25) is 5.91 Å². The fourth-order valence-electron chi connectivity index (χ4n) is 1.55. The highest BCUT2D eigenvalue weighted by atomic mass is 35.5. The zero-order valence-corrected chi connectivity index (χ0v) is 13.9. The van der Waals surface area contributed by atoms with Gasteiger partial charge in [-0.2, -0.15) is 0 Å². The van der Waals surface area contributed by atoms with Crippen molar-refractivity contribution in [2.75, 3.05) is 26.0 Å². The zero-order valence-electron chi connectivity index (χ0n) is 11.6. The SMILES string of the molecule is COCCCNC(=O)CCS(=O)(=O)c1ccc(Cl)c(Cl)c1. The van der Waals surface area contributed by atoms with Gasteiger partial charge in [-0.15, -0.1) is 0 Å². The summed E-state index contributed by atoms with van der Waals surface area (Å²) in [6.45, 7) is 1.00. The first-order valence-corrected chi connectivity index (χ1v) is 8.71. The first-order valence-electron chi connectivity index (χ1n) is 6.30. The van der Waals surface area contributed by atoms with Crippen LogP contribution in [0.5, 0.6) is 0 Å². The Labute approximate surface area is 134 Å². The van der Waals surface area contributed by atoms with Crippen LogP contribution in [0.1, 0.15) is 12.8 Å². The molecule has 0 radical (unpaired) electrons. The van der Waals surface area contributed by atoms with Crippen LogP contribution in [0.15, 0.2) is 23.1 Å². The van der Waals surface area contributed by atoms with E-state index < -0.39 is 9.84 Å². The largest absolute Gasteiger partial charge is 0.385 e. The Balaban J connectivity index is 2.53. The minimum Gasteiger partial charge on any atom is -0.385 e. The highest BCUT2D eigenvalue weighted by Crippen LogP contribution is 2.25. The fourth-order valence-corrected chi connectivity index (χ4v) is 3.17. The smallest absolute Gasteiger partial charge is 0.221 e. The summed E-state index contributed by atoms with van der Waals surface area (Å²) in [7, 11) is -1.98. The molecule has 0 bridgehead atoms. The van der Waals surface area contributed by atoms with Crippen molar-refractivity contribution in [2.45, 2.75) is 17.7 Å². The lowest BCUT2D eigenvalue weighted by Gasteiger charge is -2.07. The van der Waals surface area contributed by atoms with E-state index in [4.69, 9.17) is 27.9 Å². The Hall–Kier alpha value is -0.820. The molecular weight excluding hydrogens is 337 g/mol. The molecule has 0 saturated carbocycles. The number of hydrogen-bond acceptors (Lipinski definition) is 4. The lowest BCUT2D eigenvalue weighted by molar-refractivity contribution is -0.120. The van der Waals surface area contributed by atoms with E-state index in [0.29, 0.717) is 19.6 Å². The molecule has 118 valence electrons. The van der Waals surface area contributed by atoms with Gasteiger partial charge in [0.15, 0.2) is 9.84 Å². The van der Waals surface area contributed by atoms with Crippen LogP contribution in [-0.2, 0) is 19.4 Å². The van der Waals surface area contributed by atoms with Gasteiger partial charge in [-0.1, -0.05) is 23.2 Å². The third-order valence-corrected chi connectivity index (χ3v) is 5.15. The molecule has 0 heterocycles. The molecule has 0 saturated heterocycles. The molecule has 0 spiro atoms. The van der Waals surface area contributed by atoms with Crippen LogP contribution < -0.4 is 5.32 Å². The molecular formula is C13H17Cl2NO4S. The summed E-state index contributed by atoms with van der Waals surface area (Å²) in [5.74, 6) is -0.587. The van der Waals surface area contributed by atoms with Crippen molar-refractivity contribution >= 4 is 38.9 Å². The maximum Gasteiger partial charge on any atom is 0.221 e.